The van der Waals surface area contributed by atoms with Gasteiger partial charge < -0.3 is 5.32 Å². The Morgan fingerprint density at radius 2 is 2.12 bits per heavy atom. The molecule has 1 aromatic rings. The van der Waals surface area contributed by atoms with Gasteiger partial charge in [-0.05, 0) is 43.0 Å². The number of halogens is 1. The minimum atomic E-state index is 0.114. The molecule has 0 radical (unpaired) electrons. The van der Waals surface area contributed by atoms with Crippen molar-refractivity contribution in [1.82, 2.24) is 0 Å². The highest BCUT2D eigenvalue weighted by molar-refractivity contribution is 9.10. The minimum Gasteiger partial charge on any atom is -0.326 e. The van der Waals surface area contributed by atoms with Gasteiger partial charge in [-0.15, -0.1) is 0 Å². The van der Waals surface area contributed by atoms with Crippen molar-refractivity contribution in [2.24, 2.45) is 5.92 Å². The zero-order valence-corrected chi connectivity index (χ0v) is 11.5. The van der Waals surface area contributed by atoms with Crippen LogP contribution in [0.25, 0.3) is 0 Å². The molecular formula is C14H16BrNO. The first-order valence-electron chi connectivity index (χ1n) is 5.95. The van der Waals surface area contributed by atoms with Crippen LogP contribution in [0.5, 0.6) is 0 Å². The molecule has 0 heterocycles. The number of benzene rings is 1. The summed E-state index contributed by atoms with van der Waals surface area (Å²) < 4.78 is 1.05. The Bertz CT molecular complexity index is 446. The van der Waals surface area contributed by atoms with E-state index < -0.39 is 0 Å². The molecule has 0 saturated heterocycles. The highest BCUT2D eigenvalue weighted by Crippen LogP contribution is 2.24. The first-order valence-corrected chi connectivity index (χ1v) is 6.74. The third-order valence-electron chi connectivity index (χ3n) is 3.08. The molecule has 1 amide bonds. The molecule has 1 aromatic carbocycles. The first-order chi connectivity index (χ1) is 8.20. The highest BCUT2D eigenvalue weighted by atomic mass is 79.9. The lowest BCUT2D eigenvalue weighted by Gasteiger charge is -2.13. The Morgan fingerprint density at radius 3 is 2.76 bits per heavy atom. The molecule has 2 nitrogen and oxygen atoms in total. The number of allylic oxidation sites excluding steroid dienone is 2. The molecule has 90 valence electrons. The minimum absolute atomic E-state index is 0.114. The topological polar surface area (TPSA) is 29.1 Å². The summed E-state index contributed by atoms with van der Waals surface area (Å²) in [7, 11) is 0. The van der Waals surface area contributed by atoms with Crippen molar-refractivity contribution in [3.8, 4) is 0 Å². The van der Waals surface area contributed by atoms with Gasteiger partial charge in [0.2, 0.25) is 5.91 Å². The van der Waals surface area contributed by atoms with Crippen molar-refractivity contribution in [2.75, 3.05) is 5.32 Å². The van der Waals surface area contributed by atoms with Gasteiger partial charge in [-0.2, -0.15) is 0 Å². The molecule has 0 aliphatic heterocycles. The van der Waals surface area contributed by atoms with E-state index >= 15 is 0 Å². The Hall–Kier alpha value is -1.09. The van der Waals surface area contributed by atoms with E-state index in [-0.39, 0.29) is 11.8 Å². The van der Waals surface area contributed by atoms with Gasteiger partial charge in [0.15, 0.2) is 0 Å². The number of nitrogens with one attached hydrogen (secondary N) is 1. The number of rotatable bonds is 3. The van der Waals surface area contributed by atoms with E-state index in [4.69, 9.17) is 0 Å². The monoisotopic (exact) mass is 293 g/mol. The van der Waals surface area contributed by atoms with Gasteiger partial charge >= 0.3 is 0 Å². The summed E-state index contributed by atoms with van der Waals surface area (Å²) in [6.45, 7) is 2.09. The molecule has 0 atom stereocenters. The van der Waals surface area contributed by atoms with Crippen LogP contribution in [-0.4, -0.2) is 5.91 Å². The summed E-state index contributed by atoms with van der Waals surface area (Å²) in [5, 5.41) is 3.03. The first kappa shape index (κ1) is 12.4. The fourth-order valence-corrected chi connectivity index (χ4v) is 2.45. The summed E-state index contributed by atoms with van der Waals surface area (Å²) in [5.74, 6) is 0.246. The maximum Gasteiger partial charge on any atom is 0.228 e. The van der Waals surface area contributed by atoms with E-state index in [2.05, 4.69) is 46.4 Å². The zero-order valence-electron chi connectivity index (χ0n) is 9.87. The summed E-state index contributed by atoms with van der Waals surface area (Å²) in [6, 6.07) is 5.98. The van der Waals surface area contributed by atoms with Gasteiger partial charge in [0.1, 0.15) is 0 Å². The molecule has 0 fully saturated rings. The summed E-state index contributed by atoms with van der Waals surface area (Å²) >= 11 is 3.45. The lowest BCUT2D eigenvalue weighted by molar-refractivity contribution is -0.119. The molecule has 1 aliphatic carbocycles. The predicted octanol–water partition coefficient (Wildman–Crippen LogP) is 3.92. The van der Waals surface area contributed by atoms with Crippen LogP contribution in [0.1, 0.15) is 25.3 Å². The third kappa shape index (κ3) is 2.97. The number of amides is 1. The zero-order chi connectivity index (χ0) is 12.3. The van der Waals surface area contributed by atoms with E-state index in [0.717, 1.165) is 29.4 Å². The Balaban J connectivity index is 2.09. The second kappa shape index (κ2) is 5.50. The summed E-state index contributed by atoms with van der Waals surface area (Å²) in [4.78, 5) is 12.0. The molecule has 3 heteroatoms. The molecule has 0 saturated carbocycles. The molecule has 0 unspecified atom stereocenters. The molecule has 0 spiro atoms. The third-order valence-corrected chi connectivity index (χ3v) is 3.58. The summed E-state index contributed by atoms with van der Waals surface area (Å²) in [5.41, 5.74) is 2.10. The van der Waals surface area contributed by atoms with Crippen LogP contribution < -0.4 is 5.32 Å². The second-order valence-electron chi connectivity index (χ2n) is 4.28. The average Bonchev–Trinajstić information content (AvgIpc) is 2.85. The maximum absolute atomic E-state index is 12.0. The van der Waals surface area contributed by atoms with Crippen molar-refractivity contribution >= 4 is 27.5 Å². The fraction of sp³-hybridized carbons (Fsp3) is 0.357. The van der Waals surface area contributed by atoms with Crippen molar-refractivity contribution < 1.29 is 4.79 Å². The van der Waals surface area contributed by atoms with Crippen LogP contribution in [0.15, 0.2) is 34.8 Å². The van der Waals surface area contributed by atoms with Crippen molar-refractivity contribution in [3.63, 3.8) is 0 Å². The van der Waals surface area contributed by atoms with Crippen molar-refractivity contribution in [3.05, 3.63) is 40.4 Å². The van der Waals surface area contributed by atoms with E-state index in [1.165, 1.54) is 5.56 Å². The van der Waals surface area contributed by atoms with Gasteiger partial charge in [-0.3, -0.25) is 4.79 Å². The molecule has 1 aliphatic rings. The number of anilines is 1. The van der Waals surface area contributed by atoms with Gasteiger partial charge in [0, 0.05) is 16.1 Å². The molecule has 0 bridgehead atoms. The SMILES string of the molecule is CCc1cc(Br)ccc1NC(=O)C1CC=CC1. The van der Waals surface area contributed by atoms with Crippen molar-refractivity contribution in [2.45, 2.75) is 26.2 Å². The average molecular weight is 294 g/mol. The normalized spacial score (nSPS) is 15.2. The maximum atomic E-state index is 12.0. The lowest BCUT2D eigenvalue weighted by atomic mass is 10.1. The number of hydrogen-bond donors (Lipinski definition) is 1. The lowest BCUT2D eigenvalue weighted by Crippen LogP contribution is -2.21. The van der Waals surface area contributed by atoms with Crippen LogP contribution in [0, 0.1) is 5.92 Å². The Labute approximate surface area is 110 Å². The predicted molar refractivity (Wildman–Crippen MR) is 74.0 cm³/mol. The van der Waals surface area contributed by atoms with Gasteiger partial charge in [-0.1, -0.05) is 35.0 Å². The molecule has 2 rings (SSSR count). The molecule has 0 aromatic heterocycles. The highest BCUT2D eigenvalue weighted by Gasteiger charge is 2.19. The van der Waals surface area contributed by atoms with E-state index in [0.29, 0.717) is 0 Å². The molecule has 17 heavy (non-hydrogen) atoms. The number of aryl methyl sites for hydroxylation is 1. The molecular weight excluding hydrogens is 278 g/mol. The van der Waals surface area contributed by atoms with E-state index in [1.54, 1.807) is 0 Å². The quantitative estimate of drug-likeness (QED) is 0.841. The van der Waals surface area contributed by atoms with Crippen LogP contribution >= 0.6 is 15.9 Å². The van der Waals surface area contributed by atoms with E-state index in [9.17, 15) is 4.79 Å². The standard InChI is InChI=1S/C14H16BrNO/c1-2-10-9-12(15)7-8-13(10)16-14(17)11-5-3-4-6-11/h3-4,7-9,11H,2,5-6H2,1H3,(H,16,17). The number of carbonyl (C=O) groups excluding carboxylic acids is 1. The van der Waals surface area contributed by atoms with Gasteiger partial charge in [0.25, 0.3) is 0 Å². The fourth-order valence-electron chi connectivity index (χ4n) is 2.04. The van der Waals surface area contributed by atoms with Crippen LogP contribution in [0.4, 0.5) is 5.69 Å². The molecule has 1 N–H and O–H groups in total. The largest absolute Gasteiger partial charge is 0.326 e. The number of hydrogen-bond acceptors (Lipinski definition) is 1. The van der Waals surface area contributed by atoms with Gasteiger partial charge in [-0.25, -0.2) is 0 Å². The van der Waals surface area contributed by atoms with Crippen LogP contribution in [0.3, 0.4) is 0 Å². The smallest absolute Gasteiger partial charge is 0.228 e. The summed E-state index contributed by atoms with van der Waals surface area (Å²) in [6.07, 6.45) is 6.80. The Morgan fingerprint density at radius 1 is 1.41 bits per heavy atom. The number of carbonyl (C=O) groups is 1. The van der Waals surface area contributed by atoms with Gasteiger partial charge in [0.05, 0.1) is 0 Å². The second-order valence-corrected chi connectivity index (χ2v) is 5.20. The van der Waals surface area contributed by atoms with Crippen LogP contribution in [0.2, 0.25) is 0 Å². The Kier molecular flexibility index (Phi) is 4.00. The van der Waals surface area contributed by atoms with Crippen LogP contribution in [-0.2, 0) is 11.2 Å². The van der Waals surface area contributed by atoms with Crippen molar-refractivity contribution in [1.29, 1.82) is 0 Å². The van der Waals surface area contributed by atoms with E-state index in [1.807, 2.05) is 12.1 Å².